The molecule has 3 rings (SSSR count). The molecule has 0 aromatic heterocycles. The summed E-state index contributed by atoms with van der Waals surface area (Å²) in [5, 5.41) is 0. The van der Waals surface area contributed by atoms with Crippen LogP contribution in [0.25, 0.3) is 0 Å². The van der Waals surface area contributed by atoms with Crippen molar-refractivity contribution >= 4 is 35.4 Å². The molecule has 0 aliphatic carbocycles. The molecule has 1 fully saturated rings. The van der Waals surface area contributed by atoms with Crippen LogP contribution < -0.4 is 4.74 Å². The van der Waals surface area contributed by atoms with E-state index < -0.39 is 5.97 Å². The largest absolute Gasteiger partial charge is 0.482 e. The molecule has 0 bridgehead atoms. The van der Waals surface area contributed by atoms with Crippen molar-refractivity contribution in [3.05, 3.63) is 65.7 Å². The molecular formula is C21H23NO4S2. The van der Waals surface area contributed by atoms with E-state index in [4.69, 9.17) is 9.47 Å². The van der Waals surface area contributed by atoms with E-state index in [1.165, 1.54) is 4.90 Å². The highest BCUT2D eigenvalue weighted by atomic mass is 32.2. The first-order valence-corrected chi connectivity index (χ1v) is 11.1. The van der Waals surface area contributed by atoms with Crippen molar-refractivity contribution in [3.63, 3.8) is 0 Å². The molecule has 1 aliphatic heterocycles. The molecule has 0 N–H and O–H groups in total. The average Bonchev–Trinajstić information content (AvgIpc) is 3.26. The Morgan fingerprint density at radius 1 is 1.00 bits per heavy atom. The number of carbonyl (C=O) groups excluding carboxylic acids is 2. The fourth-order valence-electron chi connectivity index (χ4n) is 2.72. The third-order valence-corrected chi connectivity index (χ3v) is 7.25. The summed E-state index contributed by atoms with van der Waals surface area (Å²) in [7, 11) is 1.69. The number of hydrogen-bond acceptors (Lipinski definition) is 6. The lowest BCUT2D eigenvalue weighted by Gasteiger charge is -2.17. The highest BCUT2D eigenvalue weighted by Gasteiger charge is 2.22. The summed E-state index contributed by atoms with van der Waals surface area (Å²) >= 11 is 3.76. The molecule has 0 saturated carbocycles. The molecule has 1 heterocycles. The summed E-state index contributed by atoms with van der Waals surface area (Å²) in [5.41, 5.74) is 2.11. The highest BCUT2D eigenvalue weighted by Crippen LogP contribution is 2.48. The van der Waals surface area contributed by atoms with Crippen molar-refractivity contribution in [2.75, 3.05) is 31.8 Å². The first-order valence-electron chi connectivity index (χ1n) is 9.02. The van der Waals surface area contributed by atoms with E-state index in [1.54, 1.807) is 7.05 Å². The third kappa shape index (κ3) is 5.94. The Kier molecular flexibility index (Phi) is 7.68. The molecule has 2 aromatic carbocycles. The summed E-state index contributed by atoms with van der Waals surface area (Å²) in [6.45, 7) is -0.0337. The lowest BCUT2D eigenvalue weighted by Crippen LogP contribution is -2.31. The number of amides is 1. The van der Waals surface area contributed by atoms with Crippen LogP contribution in [0.1, 0.15) is 15.7 Å². The molecule has 0 radical (unpaired) electrons. The number of thioether (sulfide) groups is 2. The predicted octanol–water partition coefficient (Wildman–Crippen LogP) is 3.75. The van der Waals surface area contributed by atoms with Gasteiger partial charge in [-0.2, -0.15) is 0 Å². The van der Waals surface area contributed by atoms with Gasteiger partial charge < -0.3 is 14.4 Å². The highest BCUT2D eigenvalue weighted by molar-refractivity contribution is 8.19. The number of carbonyl (C=O) groups is 2. The normalized spacial score (nSPS) is 13.9. The van der Waals surface area contributed by atoms with Crippen LogP contribution in [0, 0.1) is 0 Å². The fraction of sp³-hybridized carbons (Fsp3) is 0.333. The Hall–Kier alpha value is -2.12. The molecule has 28 heavy (non-hydrogen) atoms. The van der Waals surface area contributed by atoms with Gasteiger partial charge in [-0.15, -0.1) is 23.5 Å². The molecule has 5 nitrogen and oxygen atoms in total. The van der Waals surface area contributed by atoms with Gasteiger partial charge in [-0.3, -0.25) is 4.79 Å². The minimum absolute atomic E-state index is 0.214. The molecule has 1 saturated heterocycles. The van der Waals surface area contributed by atoms with Gasteiger partial charge in [0.1, 0.15) is 5.75 Å². The number of nitrogens with zero attached hydrogens (tertiary/aromatic N) is 1. The minimum atomic E-state index is -0.553. The van der Waals surface area contributed by atoms with Crippen LogP contribution in [-0.4, -0.2) is 48.5 Å². The maximum Gasteiger partial charge on any atom is 0.344 e. The average molecular weight is 418 g/mol. The Bertz CT molecular complexity index is 794. The van der Waals surface area contributed by atoms with Gasteiger partial charge in [0.25, 0.3) is 5.91 Å². The van der Waals surface area contributed by atoms with Crippen LogP contribution in [0.15, 0.2) is 54.6 Å². The Morgan fingerprint density at radius 3 is 2.43 bits per heavy atom. The lowest BCUT2D eigenvalue weighted by atomic mass is 10.2. The molecule has 0 spiro atoms. The molecule has 2 aromatic rings. The van der Waals surface area contributed by atoms with E-state index in [-0.39, 0.29) is 19.1 Å². The number of para-hydroxylation sites is 1. The zero-order valence-corrected chi connectivity index (χ0v) is 17.3. The van der Waals surface area contributed by atoms with Gasteiger partial charge in [0.05, 0.1) is 4.58 Å². The van der Waals surface area contributed by atoms with E-state index in [0.29, 0.717) is 16.9 Å². The quantitative estimate of drug-likeness (QED) is 0.610. The predicted molar refractivity (Wildman–Crippen MR) is 113 cm³/mol. The van der Waals surface area contributed by atoms with Gasteiger partial charge in [-0.1, -0.05) is 48.5 Å². The van der Waals surface area contributed by atoms with Gasteiger partial charge in [0.2, 0.25) is 0 Å². The van der Waals surface area contributed by atoms with Crippen molar-refractivity contribution in [1.82, 2.24) is 4.90 Å². The van der Waals surface area contributed by atoms with Crippen molar-refractivity contribution in [2.24, 2.45) is 0 Å². The molecule has 148 valence electrons. The maximum atomic E-state index is 12.2. The van der Waals surface area contributed by atoms with E-state index >= 15 is 0 Å². The molecule has 7 heteroatoms. The van der Waals surface area contributed by atoms with Gasteiger partial charge in [-0.05, 0) is 11.6 Å². The van der Waals surface area contributed by atoms with E-state index in [1.807, 2.05) is 78.1 Å². The van der Waals surface area contributed by atoms with Crippen LogP contribution >= 0.6 is 23.5 Å². The zero-order valence-electron chi connectivity index (χ0n) is 15.7. The van der Waals surface area contributed by atoms with Crippen LogP contribution in [0.3, 0.4) is 0 Å². The number of rotatable bonds is 8. The Labute approximate surface area is 173 Å². The molecule has 1 aliphatic rings. The second-order valence-corrected chi connectivity index (χ2v) is 9.02. The van der Waals surface area contributed by atoms with Crippen molar-refractivity contribution in [3.8, 4) is 5.75 Å². The number of ether oxygens (including phenoxy) is 2. The van der Waals surface area contributed by atoms with Gasteiger partial charge >= 0.3 is 5.97 Å². The van der Waals surface area contributed by atoms with Crippen molar-refractivity contribution in [1.29, 1.82) is 0 Å². The van der Waals surface area contributed by atoms with Crippen LogP contribution in [0.4, 0.5) is 0 Å². The molecule has 0 unspecified atom stereocenters. The van der Waals surface area contributed by atoms with Crippen LogP contribution in [0.5, 0.6) is 5.75 Å². The summed E-state index contributed by atoms with van der Waals surface area (Å²) in [4.78, 5) is 25.7. The second kappa shape index (κ2) is 10.4. The second-order valence-electron chi connectivity index (χ2n) is 6.30. The molecule has 1 amide bonds. The Morgan fingerprint density at radius 2 is 1.68 bits per heavy atom. The van der Waals surface area contributed by atoms with Crippen molar-refractivity contribution in [2.45, 2.75) is 11.1 Å². The topological polar surface area (TPSA) is 55.8 Å². The fourth-order valence-corrected chi connectivity index (χ4v) is 5.63. The van der Waals surface area contributed by atoms with Crippen LogP contribution in [0.2, 0.25) is 0 Å². The monoisotopic (exact) mass is 417 g/mol. The first-order chi connectivity index (χ1) is 13.6. The van der Waals surface area contributed by atoms with Gasteiger partial charge in [0.15, 0.2) is 13.2 Å². The summed E-state index contributed by atoms with van der Waals surface area (Å²) in [6, 6.07) is 17.4. The lowest BCUT2D eigenvalue weighted by molar-refractivity contribution is -0.153. The van der Waals surface area contributed by atoms with Gasteiger partial charge in [-0.25, -0.2) is 4.79 Å². The zero-order chi connectivity index (χ0) is 19.8. The van der Waals surface area contributed by atoms with E-state index in [2.05, 4.69) is 0 Å². The smallest absolute Gasteiger partial charge is 0.344 e. The number of benzene rings is 2. The van der Waals surface area contributed by atoms with E-state index in [9.17, 15) is 9.59 Å². The van der Waals surface area contributed by atoms with Crippen LogP contribution in [-0.2, 0) is 20.9 Å². The standard InChI is InChI=1S/C21H23NO4S2/c1-22(13-16-7-3-2-4-8-16)19(23)14-26-20(24)15-25-18-10-6-5-9-17(18)21-27-11-12-28-21/h2-10,21H,11-15H2,1H3. The molecule has 0 atom stereocenters. The number of esters is 1. The maximum absolute atomic E-state index is 12.2. The number of hydrogen-bond donors (Lipinski definition) is 0. The van der Waals surface area contributed by atoms with Gasteiger partial charge in [0, 0.05) is 30.7 Å². The minimum Gasteiger partial charge on any atom is -0.482 e. The SMILES string of the molecule is CN(Cc1ccccc1)C(=O)COC(=O)COc1ccccc1C1SCCS1. The third-order valence-electron chi connectivity index (χ3n) is 4.19. The molecular weight excluding hydrogens is 394 g/mol. The number of likely N-dealkylation sites (N-methyl/N-ethyl adjacent to an activating group) is 1. The summed E-state index contributed by atoms with van der Waals surface area (Å²) < 4.78 is 11.1. The van der Waals surface area contributed by atoms with Crippen molar-refractivity contribution < 1.29 is 19.1 Å². The van der Waals surface area contributed by atoms with E-state index in [0.717, 1.165) is 22.6 Å². The Balaban J connectivity index is 1.44. The summed E-state index contributed by atoms with van der Waals surface area (Å²) in [6.07, 6.45) is 0. The summed E-state index contributed by atoms with van der Waals surface area (Å²) in [5.74, 6) is 2.12. The first kappa shape index (κ1) is 20.6.